The van der Waals surface area contributed by atoms with E-state index in [1.807, 2.05) is 11.8 Å². The molecule has 116 valence electrons. The Bertz CT molecular complexity index is 332. The summed E-state index contributed by atoms with van der Waals surface area (Å²) in [6, 6.07) is 0.413. The summed E-state index contributed by atoms with van der Waals surface area (Å²) in [6.45, 7) is 10.5. The number of rotatable bonds is 7. The van der Waals surface area contributed by atoms with E-state index in [4.69, 9.17) is 5.11 Å². The van der Waals surface area contributed by atoms with Crippen LogP contribution in [-0.2, 0) is 4.79 Å². The van der Waals surface area contributed by atoms with Gasteiger partial charge in [0, 0.05) is 32.2 Å². The van der Waals surface area contributed by atoms with E-state index in [-0.39, 0.29) is 19.0 Å². The minimum absolute atomic E-state index is 0.00684. The van der Waals surface area contributed by atoms with E-state index in [2.05, 4.69) is 18.7 Å². The number of hydrogen-bond acceptors (Lipinski definition) is 3. The Balaban J connectivity index is 2.53. The number of carbonyl (C=O) groups is 2. The number of likely N-dealkylation sites (tertiary alicyclic amines) is 1. The molecule has 0 bridgehead atoms. The quantitative estimate of drug-likeness (QED) is 0.766. The highest BCUT2D eigenvalue weighted by Crippen LogP contribution is 2.17. The summed E-state index contributed by atoms with van der Waals surface area (Å²) in [7, 11) is 0. The Labute approximate surface area is 121 Å². The van der Waals surface area contributed by atoms with Gasteiger partial charge in [-0.1, -0.05) is 13.8 Å². The van der Waals surface area contributed by atoms with Crippen molar-refractivity contribution in [3.8, 4) is 0 Å². The van der Waals surface area contributed by atoms with Gasteiger partial charge < -0.3 is 14.9 Å². The Kier molecular flexibility index (Phi) is 6.78. The first-order valence-electron chi connectivity index (χ1n) is 7.53. The molecule has 2 amide bonds. The number of nitrogens with zero attached hydrogens (tertiary/aromatic N) is 3. The van der Waals surface area contributed by atoms with Crippen molar-refractivity contribution in [2.45, 2.75) is 39.7 Å². The number of carbonyl (C=O) groups excluding carboxylic acids is 1. The second kappa shape index (κ2) is 8.09. The minimum Gasteiger partial charge on any atom is -0.481 e. The van der Waals surface area contributed by atoms with E-state index in [1.54, 1.807) is 4.90 Å². The van der Waals surface area contributed by atoms with Crippen LogP contribution in [0.2, 0.25) is 0 Å². The maximum Gasteiger partial charge on any atom is 0.320 e. The maximum absolute atomic E-state index is 12.4. The second-order valence-electron chi connectivity index (χ2n) is 5.12. The SMILES string of the molecule is CCN(CCC(=O)O)C(=O)N1CCC(N(CC)CC)C1. The van der Waals surface area contributed by atoms with Gasteiger partial charge in [0.2, 0.25) is 0 Å². The number of carboxylic acid groups (broad SMARTS) is 1. The third kappa shape index (κ3) is 4.37. The van der Waals surface area contributed by atoms with Crippen molar-refractivity contribution < 1.29 is 14.7 Å². The zero-order chi connectivity index (χ0) is 15.1. The third-order valence-electron chi connectivity index (χ3n) is 4.01. The highest BCUT2D eigenvalue weighted by atomic mass is 16.4. The number of aliphatic carboxylic acids is 1. The molecule has 0 spiro atoms. The lowest BCUT2D eigenvalue weighted by molar-refractivity contribution is -0.137. The van der Waals surface area contributed by atoms with E-state index < -0.39 is 5.97 Å². The van der Waals surface area contributed by atoms with Gasteiger partial charge in [-0.15, -0.1) is 0 Å². The van der Waals surface area contributed by atoms with Crippen LogP contribution in [0.1, 0.15) is 33.6 Å². The van der Waals surface area contributed by atoms with Gasteiger partial charge in [-0.05, 0) is 26.4 Å². The van der Waals surface area contributed by atoms with Gasteiger partial charge in [0.15, 0.2) is 0 Å². The van der Waals surface area contributed by atoms with E-state index in [0.29, 0.717) is 12.6 Å². The Morgan fingerprint density at radius 3 is 2.35 bits per heavy atom. The van der Waals surface area contributed by atoms with E-state index in [1.165, 1.54) is 0 Å². The first kappa shape index (κ1) is 16.8. The van der Waals surface area contributed by atoms with Crippen LogP contribution in [0.25, 0.3) is 0 Å². The second-order valence-corrected chi connectivity index (χ2v) is 5.12. The molecule has 1 aliphatic rings. The Hall–Kier alpha value is -1.30. The van der Waals surface area contributed by atoms with Crippen LogP contribution in [-0.4, -0.2) is 77.1 Å². The van der Waals surface area contributed by atoms with Crippen LogP contribution in [0.15, 0.2) is 0 Å². The molecule has 6 heteroatoms. The van der Waals surface area contributed by atoms with Crippen LogP contribution in [0.3, 0.4) is 0 Å². The lowest BCUT2D eigenvalue weighted by Crippen LogP contribution is -2.45. The van der Waals surface area contributed by atoms with Gasteiger partial charge in [0.05, 0.1) is 6.42 Å². The van der Waals surface area contributed by atoms with Crippen molar-refractivity contribution in [2.75, 3.05) is 39.3 Å². The van der Waals surface area contributed by atoms with Crippen LogP contribution >= 0.6 is 0 Å². The fraction of sp³-hybridized carbons (Fsp3) is 0.857. The maximum atomic E-state index is 12.4. The average Bonchev–Trinajstić information content (AvgIpc) is 2.90. The molecule has 0 aliphatic carbocycles. The molecule has 0 aromatic rings. The lowest BCUT2D eigenvalue weighted by Gasteiger charge is -2.29. The van der Waals surface area contributed by atoms with E-state index in [9.17, 15) is 9.59 Å². The highest BCUT2D eigenvalue weighted by molar-refractivity contribution is 5.75. The zero-order valence-corrected chi connectivity index (χ0v) is 12.8. The van der Waals surface area contributed by atoms with Crippen molar-refractivity contribution in [3.05, 3.63) is 0 Å². The lowest BCUT2D eigenvalue weighted by atomic mass is 10.2. The molecule has 1 saturated heterocycles. The molecule has 1 atom stereocenters. The van der Waals surface area contributed by atoms with Gasteiger partial charge in [0.25, 0.3) is 0 Å². The molecule has 1 N–H and O–H groups in total. The normalized spacial score (nSPS) is 18.6. The number of likely N-dealkylation sites (N-methyl/N-ethyl adjacent to an activating group) is 1. The molecule has 0 aromatic carbocycles. The van der Waals surface area contributed by atoms with Crippen molar-refractivity contribution in [1.82, 2.24) is 14.7 Å². The Morgan fingerprint density at radius 1 is 1.20 bits per heavy atom. The molecule has 0 saturated carbocycles. The van der Waals surface area contributed by atoms with Gasteiger partial charge in [-0.25, -0.2) is 4.79 Å². The van der Waals surface area contributed by atoms with Gasteiger partial charge in [0.1, 0.15) is 0 Å². The number of amides is 2. The molecular formula is C14H27N3O3. The third-order valence-corrected chi connectivity index (χ3v) is 4.01. The van der Waals surface area contributed by atoms with Crippen LogP contribution in [0, 0.1) is 0 Å². The van der Waals surface area contributed by atoms with Gasteiger partial charge >= 0.3 is 12.0 Å². The molecule has 0 radical (unpaired) electrons. The molecule has 0 aromatic heterocycles. The summed E-state index contributed by atoms with van der Waals surface area (Å²) in [4.78, 5) is 28.9. The van der Waals surface area contributed by atoms with Crippen molar-refractivity contribution in [2.24, 2.45) is 0 Å². The Morgan fingerprint density at radius 2 is 1.85 bits per heavy atom. The molecule has 20 heavy (non-hydrogen) atoms. The summed E-state index contributed by atoms with van der Waals surface area (Å²) < 4.78 is 0. The number of urea groups is 1. The predicted molar refractivity (Wildman–Crippen MR) is 77.8 cm³/mol. The first-order chi connectivity index (χ1) is 9.53. The van der Waals surface area contributed by atoms with Gasteiger partial charge in [-0.3, -0.25) is 9.69 Å². The molecule has 6 nitrogen and oxygen atoms in total. The van der Waals surface area contributed by atoms with Crippen molar-refractivity contribution >= 4 is 12.0 Å². The number of carboxylic acids is 1. The molecule has 1 unspecified atom stereocenters. The monoisotopic (exact) mass is 285 g/mol. The minimum atomic E-state index is -0.862. The fourth-order valence-electron chi connectivity index (χ4n) is 2.77. The van der Waals surface area contributed by atoms with Crippen LogP contribution in [0.5, 0.6) is 0 Å². The van der Waals surface area contributed by atoms with Crippen molar-refractivity contribution in [1.29, 1.82) is 0 Å². The summed E-state index contributed by atoms with van der Waals surface area (Å²) in [5.74, 6) is -0.862. The zero-order valence-electron chi connectivity index (χ0n) is 12.8. The summed E-state index contributed by atoms with van der Waals surface area (Å²) in [5, 5.41) is 8.73. The van der Waals surface area contributed by atoms with Crippen LogP contribution in [0.4, 0.5) is 4.79 Å². The standard InChI is InChI=1S/C14H27N3O3/c1-4-15(5-2)12-7-9-17(11-12)14(20)16(6-3)10-8-13(18)19/h12H,4-11H2,1-3H3,(H,18,19). The van der Waals surface area contributed by atoms with Crippen molar-refractivity contribution in [3.63, 3.8) is 0 Å². The molecule has 1 rings (SSSR count). The molecule has 1 heterocycles. The van der Waals surface area contributed by atoms with E-state index in [0.717, 1.165) is 32.6 Å². The van der Waals surface area contributed by atoms with E-state index >= 15 is 0 Å². The number of hydrogen-bond donors (Lipinski definition) is 1. The average molecular weight is 285 g/mol. The summed E-state index contributed by atoms with van der Waals surface area (Å²) in [6.07, 6.45) is 1.01. The van der Waals surface area contributed by atoms with Crippen LogP contribution < -0.4 is 0 Å². The smallest absolute Gasteiger partial charge is 0.320 e. The predicted octanol–water partition coefficient (Wildman–Crippen LogP) is 1.32. The molecule has 1 fully saturated rings. The fourth-order valence-corrected chi connectivity index (χ4v) is 2.77. The molecular weight excluding hydrogens is 258 g/mol. The largest absolute Gasteiger partial charge is 0.481 e. The van der Waals surface area contributed by atoms with Gasteiger partial charge in [-0.2, -0.15) is 0 Å². The highest BCUT2D eigenvalue weighted by Gasteiger charge is 2.31. The summed E-state index contributed by atoms with van der Waals surface area (Å²) >= 11 is 0. The topological polar surface area (TPSA) is 64.1 Å². The first-order valence-corrected chi connectivity index (χ1v) is 7.53. The summed E-state index contributed by atoms with van der Waals surface area (Å²) in [5.41, 5.74) is 0. The molecule has 1 aliphatic heterocycles.